The van der Waals surface area contributed by atoms with Crippen LogP contribution in [-0.4, -0.2) is 47.7 Å². The minimum absolute atomic E-state index is 0.436. The highest BCUT2D eigenvalue weighted by Gasteiger charge is 2.38. The molecule has 0 heterocycles. The molecule has 0 bridgehead atoms. The van der Waals surface area contributed by atoms with Gasteiger partial charge in [0.15, 0.2) is 0 Å². The minimum atomic E-state index is -0.741. The van der Waals surface area contributed by atoms with Gasteiger partial charge in [-0.3, -0.25) is 10.1 Å². The molecule has 0 radical (unpaired) electrons. The van der Waals surface area contributed by atoms with Gasteiger partial charge < -0.3 is 10.0 Å². The molecule has 0 aromatic heterocycles. The molecule has 4 heteroatoms. The molecule has 0 aliphatic heterocycles. The number of carbonyl (C=O) groups is 1. The third kappa shape index (κ3) is 4.46. The Morgan fingerprint density at radius 2 is 2.11 bits per heavy atom. The van der Waals surface area contributed by atoms with Crippen molar-refractivity contribution in [1.29, 1.82) is 0 Å². The Bertz CT molecular complexity index is 330. The van der Waals surface area contributed by atoms with E-state index in [4.69, 9.17) is 0 Å². The third-order valence-electron chi connectivity index (χ3n) is 4.61. The summed E-state index contributed by atoms with van der Waals surface area (Å²) < 4.78 is 0. The monoisotopic (exact) mass is 268 g/mol. The molecule has 0 spiro atoms. The molecule has 0 amide bonds. The number of carboxylic acid groups (broad SMARTS) is 1. The molecule has 2 aliphatic rings. The van der Waals surface area contributed by atoms with E-state index in [9.17, 15) is 9.90 Å². The minimum Gasteiger partial charge on any atom is -0.480 e. The highest BCUT2D eigenvalue weighted by Crippen LogP contribution is 2.38. The number of rotatable bonds is 9. The van der Waals surface area contributed by atoms with Gasteiger partial charge in [-0.05, 0) is 64.5 Å². The Labute approximate surface area is 116 Å². The summed E-state index contributed by atoms with van der Waals surface area (Å²) in [6.07, 6.45) is 5.27. The topological polar surface area (TPSA) is 52.6 Å². The summed E-state index contributed by atoms with van der Waals surface area (Å²) in [5.41, 5.74) is -0.741. The smallest absolute Gasteiger partial charge is 0.323 e. The average molecular weight is 268 g/mol. The second-order valence-corrected chi connectivity index (χ2v) is 6.89. The summed E-state index contributed by atoms with van der Waals surface area (Å²) in [5, 5.41) is 12.7. The van der Waals surface area contributed by atoms with Crippen molar-refractivity contribution in [3.05, 3.63) is 0 Å². The number of carboxylic acids is 1. The van der Waals surface area contributed by atoms with Gasteiger partial charge in [-0.2, -0.15) is 0 Å². The molecule has 0 aromatic carbocycles. The number of aliphatic carboxylic acids is 1. The first kappa shape index (κ1) is 14.8. The van der Waals surface area contributed by atoms with E-state index >= 15 is 0 Å². The van der Waals surface area contributed by atoms with Gasteiger partial charge in [-0.15, -0.1) is 0 Å². The zero-order chi connectivity index (χ0) is 14.0. The van der Waals surface area contributed by atoms with E-state index in [0.717, 1.165) is 37.6 Å². The largest absolute Gasteiger partial charge is 0.480 e. The number of nitrogens with one attached hydrogen (secondary N) is 1. The maximum absolute atomic E-state index is 11.4. The molecule has 2 saturated carbocycles. The molecule has 0 saturated heterocycles. The Morgan fingerprint density at radius 3 is 2.58 bits per heavy atom. The van der Waals surface area contributed by atoms with Crippen molar-refractivity contribution in [1.82, 2.24) is 10.2 Å². The molecule has 110 valence electrons. The van der Waals surface area contributed by atoms with Gasteiger partial charge >= 0.3 is 5.97 Å². The lowest BCUT2D eigenvalue weighted by Crippen LogP contribution is -2.50. The van der Waals surface area contributed by atoms with Gasteiger partial charge in [0.1, 0.15) is 5.54 Å². The predicted molar refractivity (Wildman–Crippen MR) is 76.2 cm³/mol. The van der Waals surface area contributed by atoms with E-state index in [1.54, 1.807) is 0 Å². The number of hydrogen-bond acceptors (Lipinski definition) is 3. The Balaban J connectivity index is 1.67. The van der Waals surface area contributed by atoms with E-state index in [1.807, 2.05) is 6.92 Å². The van der Waals surface area contributed by atoms with Crippen LogP contribution in [0.2, 0.25) is 0 Å². The van der Waals surface area contributed by atoms with Crippen LogP contribution in [0, 0.1) is 11.8 Å². The van der Waals surface area contributed by atoms with Crippen LogP contribution < -0.4 is 5.32 Å². The second-order valence-electron chi connectivity index (χ2n) is 6.89. The number of nitrogens with zero attached hydrogens (tertiary/aromatic N) is 1. The predicted octanol–water partition coefficient (Wildman–Crippen LogP) is 1.95. The second kappa shape index (κ2) is 5.80. The molecule has 19 heavy (non-hydrogen) atoms. The van der Waals surface area contributed by atoms with Crippen molar-refractivity contribution < 1.29 is 9.90 Å². The molecular weight excluding hydrogens is 240 g/mol. The standard InChI is InChI=1S/C15H28N2O2/c1-11-9-12(11)10-17(3)8-4-7-15(2,14(18)19)16-13-5-6-13/h11-13,16H,4-10H2,1-3H3,(H,18,19). The van der Waals surface area contributed by atoms with E-state index in [-0.39, 0.29) is 0 Å². The summed E-state index contributed by atoms with van der Waals surface area (Å²) in [6, 6.07) is 0.436. The lowest BCUT2D eigenvalue weighted by molar-refractivity contribution is -0.144. The fraction of sp³-hybridized carbons (Fsp3) is 0.933. The van der Waals surface area contributed by atoms with E-state index < -0.39 is 11.5 Å². The van der Waals surface area contributed by atoms with Crippen LogP contribution in [0.3, 0.4) is 0 Å². The Morgan fingerprint density at radius 1 is 1.47 bits per heavy atom. The Kier molecular flexibility index (Phi) is 4.51. The zero-order valence-electron chi connectivity index (χ0n) is 12.5. The summed E-state index contributed by atoms with van der Waals surface area (Å²) >= 11 is 0. The van der Waals surface area contributed by atoms with Crippen LogP contribution in [0.4, 0.5) is 0 Å². The summed E-state index contributed by atoms with van der Waals surface area (Å²) in [5.74, 6) is 1.06. The van der Waals surface area contributed by atoms with Gasteiger partial charge in [0.25, 0.3) is 0 Å². The maximum atomic E-state index is 11.4. The maximum Gasteiger partial charge on any atom is 0.323 e. The molecule has 4 nitrogen and oxygen atoms in total. The summed E-state index contributed by atoms with van der Waals surface area (Å²) in [6.45, 7) is 6.30. The molecular formula is C15H28N2O2. The van der Waals surface area contributed by atoms with Crippen LogP contribution >= 0.6 is 0 Å². The normalized spacial score (nSPS) is 29.3. The van der Waals surface area contributed by atoms with Crippen molar-refractivity contribution in [2.24, 2.45) is 11.8 Å². The van der Waals surface area contributed by atoms with E-state index in [0.29, 0.717) is 12.5 Å². The molecule has 2 rings (SSSR count). The van der Waals surface area contributed by atoms with Crippen LogP contribution in [0.15, 0.2) is 0 Å². The third-order valence-corrected chi connectivity index (χ3v) is 4.61. The first-order valence-electron chi connectivity index (χ1n) is 7.60. The van der Waals surface area contributed by atoms with Crippen LogP contribution in [0.5, 0.6) is 0 Å². The summed E-state index contributed by atoms with van der Waals surface area (Å²) in [7, 11) is 2.15. The molecule has 3 unspecified atom stereocenters. The van der Waals surface area contributed by atoms with E-state index in [2.05, 4.69) is 24.2 Å². The van der Waals surface area contributed by atoms with E-state index in [1.165, 1.54) is 13.0 Å². The molecule has 3 atom stereocenters. The van der Waals surface area contributed by atoms with Gasteiger partial charge in [0.2, 0.25) is 0 Å². The van der Waals surface area contributed by atoms with Gasteiger partial charge in [-0.1, -0.05) is 6.92 Å². The van der Waals surface area contributed by atoms with Crippen LogP contribution in [-0.2, 0) is 4.79 Å². The highest BCUT2D eigenvalue weighted by molar-refractivity contribution is 5.78. The van der Waals surface area contributed by atoms with Crippen molar-refractivity contribution >= 4 is 5.97 Å². The lowest BCUT2D eigenvalue weighted by Gasteiger charge is -2.27. The van der Waals surface area contributed by atoms with Gasteiger partial charge in [0, 0.05) is 12.6 Å². The highest BCUT2D eigenvalue weighted by atomic mass is 16.4. The average Bonchev–Trinajstić information content (AvgIpc) is 3.20. The molecule has 2 fully saturated rings. The summed E-state index contributed by atoms with van der Waals surface area (Å²) in [4.78, 5) is 13.8. The first-order chi connectivity index (χ1) is 8.90. The molecule has 0 aromatic rings. The fourth-order valence-electron chi connectivity index (χ4n) is 2.77. The SMILES string of the molecule is CC1CC1CN(C)CCCC(C)(NC1CC1)C(=O)O. The van der Waals surface area contributed by atoms with Crippen LogP contribution in [0.25, 0.3) is 0 Å². The van der Waals surface area contributed by atoms with Crippen molar-refractivity contribution in [3.63, 3.8) is 0 Å². The van der Waals surface area contributed by atoms with Crippen molar-refractivity contribution in [3.8, 4) is 0 Å². The Hall–Kier alpha value is -0.610. The first-order valence-corrected chi connectivity index (χ1v) is 7.60. The quantitative estimate of drug-likeness (QED) is 0.671. The van der Waals surface area contributed by atoms with Crippen molar-refractivity contribution in [2.75, 3.05) is 20.1 Å². The van der Waals surface area contributed by atoms with Gasteiger partial charge in [0.05, 0.1) is 0 Å². The van der Waals surface area contributed by atoms with Gasteiger partial charge in [-0.25, -0.2) is 0 Å². The fourth-order valence-corrected chi connectivity index (χ4v) is 2.77. The zero-order valence-corrected chi connectivity index (χ0v) is 12.5. The lowest BCUT2D eigenvalue weighted by atomic mass is 9.95. The van der Waals surface area contributed by atoms with Crippen LogP contribution in [0.1, 0.15) is 46.0 Å². The molecule has 2 aliphatic carbocycles. The molecule has 2 N–H and O–H groups in total. The number of hydrogen-bond donors (Lipinski definition) is 2. The van der Waals surface area contributed by atoms with Crippen molar-refractivity contribution in [2.45, 2.75) is 57.5 Å².